The van der Waals surface area contributed by atoms with Gasteiger partial charge in [-0.05, 0) is 61.3 Å². The third kappa shape index (κ3) is 5.24. The van der Waals surface area contributed by atoms with Crippen molar-refractivity contribution in [2.75, 3.05) is 13.2 Å². The van der Waals surface area contributed by atoms with Crippen molar-refractivity contribution in [2.45, 2.75) is 70.9 Å². The zero-order valence-electron chi connectivity index (χ0n) is 17.3. The molecule has 3 aliphatic rings. The Morgan fingerprint density at radius 1 is 1.34 bits per heavy atom. The lowest BCUT2D eigenvalue weighted by molar-refractivity contribution is 0.0941. The standard InChI is InChI=1S/C21H32N6O2/c1-14-9-16(14)10-17-11-19(17)25-20(28)18-12-24-27(8-7-23-26-22)21(18)29-13-15-5-3-2-4-6-15/h12,14-17,19H,2-11,13H2,1H3,(H,25,28)/t14-,16?,17?,19?/m0/s1. The maximum atomic E-state index is 12.9. The van der Waals surface area contributed by atoms with Gasteiger partial charge in [0.25, 0.3) is 5.91 Å². The summed E-state index contributed by atoms with van der Waals surface area (Å²) in [5.41, 5.74) is 9.02. The number of carbonyl (C=O) groups excluding carboxylic acids is 1. The normalized spacial score (nSPS) is 28.4. The number of azide groups is 1. The first kappa shape index (κ1) is 20.1. The van der Waals surface area contributed by atoms with E-state index in [0.29, 0.717) is 36.4 Å². The molecular formula is C21H32N6O2. The molecular weight excluding hydrogens is 368 g/mol. The van der Waals surface area contributed by atoms with Crippen LogP contribution in [-0.4, -0.2) is 34.9 Å². The largest absolute Gasteiger partial charge is 0.477 e. The van der Waals surface area contributed by atoms with Gasteiger partial charge in [-0.15, -0.1) is 0 Å². The first-order valence-electron chi connectivity index (χ1n) is 11.2. The highest BCUT2D eigenvalue weighted by Crippen LogP contribution is 2.48. The molecule has 1 aromatic rings. The van der Waals surface area contributed by atoms with Gasteiger partial charge < -0.3 is 10.1 Å². The van der Waals surface area contributed by atoms with E-state index < -0.39 is 0 Å². The fourth-order valence-electron chi connectivity index (χ4n) is 4.62. The molecule has 1 N–H and O–H groups in total. The van der Waals surface area contributed by atoms with Crippen molar-refractivity contribution in [3.8, 4) is 5.88 Å². The van der Waals surface area contributed by atoms with Gasteiger partial charge in [0.1, 0.15) is 5.56 Å². The predicted octanol–water partition coefficient (Wildman–Crippen LogP) is 4.32. The SMILES string of the molecule is C[C@H]1CC1CC1CC1NC(=O)c1cnn(CCN=[N+]=[N-])c1OCC1CCCCC1. The number of rotatable bonds is 10. The van der Waals surface area contributed by atoms with E-state index in [1.807, 2.05) is 0 Å². The monoisotopic (exact) mass is 400 g/mol. The molecule has 0 aromatic carbocycles. The molecule has 4 rings (SSSR count). The van der Waals surface area contributed by atoms with Crippen LogP contribution in [0.3, 0.4) is 0 Å². The number of aromatic nitrogens is 2. The zero-order chi connectivity index (χ0) is 20.2. The summed E-state index contributed by atoms with van der Waals surface area (Å²) in [6.07, 6.45) is 11.4. The predicted molar refractivity (Wildman–Crippen MR) is 110 cm³/mol. The molecule has 4 atom stereocenters. The summed E-state index contributed by atoms with van der Waals surface area (Å²) in [5.74, 6) is 3.29. The number of amides is 1. The Morgan fingerprint density at radius 2 is 2.14 bits per heavy atom. The van der Waals surface area contributed by atoms with Crippen molar-refractivity contribution < 1.29 is 9.53 Å². The molecule has 1 amide bonds. The van der Waals surface area contributed by atoms with Crippen molar-refractivity contribution in [1.29, 1.82) is 0 Å². The molecule has 29 heavy (non-hydrogen) atoms. The van der Waals surface area contributed by atoms with Crippen LogP contribution in [0.25, 0.3) is 10.4 Å². The summed E-state index contributed by atoms with van der Waals surface area (Å²) in [6, 6.07) is 0.285. The van der Waals surface area contributed by atoms with E-state index in [4.69, 9.17) is 10.3 Å². The van der Waals surface area contributed by atoms with Crippen LogP contribution in [0.2, 0.25) is 0 Å². The molecule has 3 fully saturated rings. The van der Waals surface area contributed by atoms with E-state index in [9.17, 15) is 4.79 Å². The van der Waals surface area contributed by atoms with Crippen molar-refractivity contribution in [3.05, 3.63) is 22.2 Å². The van der Waals surface area contributed by atoms with Crippen LogP contribution < -0.4 is 10.1 Å². The van der Waals surface area contributed by atoms with Crippen LogP contribution in [0.1, 0.15) is 68.6 Å². The summed E-state index contributed by atoms with van der Waals surface area (Å²) in [5, 5.41) is 11.1. The Kier molecular flexibility index (Phi) is 6.28. The van der Waals surface area contributed by atoms with Gasteiger partial charge in [-0.3, -0.25) is 4.79 Å². The fraction of sp³-hybridized carbons (Fsp3) is 0.810. The molecule has 0 aliphatic heterocycles. The first-order chi connectivity index (χ1) is 14.2. The summed E-state index contributed by atoms with van der Waals surface area (Å²) in [6.45, 7) is 3.60. The first-order valence-corrected chi connectivity index (χ1v) is 11.2. The summed E-state index contributed by atoms with van der Waals surface area (Å²) in [4.78, 5) is 15.7. The highest BCUT2D eigenvalue weighted by atomic mass is 16.5. The molecule has 1 aromatic heterocycles. The quantitative estimate of drug-likeness (QED) is 0.359. The minimum Gasteiger partial charge on any atom is -0.477 e. The number of carbonyl (C=O) groups is 1. The number of nitrogens with one attached hydrogen (secondary N) is 1. The van der Waals surface area contributed by atoms with Crippen molar-refractivity contribution in [2.24, 2.45) is 28.8 Å². The molecule has 3 unspecified atom stereocenters. The van der Waals surface area contributed by atoms with Gasteiger partial charge >= 0.3 is 0 Å². The fourth-order valence-corrected chi connectivity index (χ4v) is 4.62. The van der Waals surface area contributed by atoms with E-state index in [0.717, 1.165) is 18.3 Å². The third-order valence-electron chi connectivity index (χ3n) is 6.81. The van der Waals surface area contributed by atoms with Gasteiger partial charge in [0.2, 0.25) is 5.88 Å². The van der Waals surface area contributed by atoms with Gasteiger partial charge in [0.05, 0.1) is 19.3 Å². The molecule has 8 heteroatoms. The molecule has 0 spiro atoms. The van der Waals surface area contributed by atoms with Crippen LogP contribution in [0.4, 0.5) is 0 Å². The van der Waals surface area contributed by atoms with E-state index in [-0.39, 0.29) is 18.5 Å². The Labute approximate surface area is 172 Å². The van der Waals surface area contributed by atoms with Gasteiger partial charge in [0, 0.05) is 17.5 Å². The number of hydrogen-bond donors (Lipinski definition) is 1. The summed E-state index contributed by atoms with van der Waals surface area (Å²) < 4.78 is 7.78. The average molecular weight is 401 g/mol. The lowest BCUT2D eigenvalue weighted by atomic mass is 9.90. The van der Waals surface area contributed by atoms with Crippen molar-refractivity contribution in [1.82, 2.24) is 15.1 Å². The number of hydrogen-bond acceptors (Lipinski definition) is 4. The highest BCUT2D eigenvalue weighted by molar-refractivity contribution is 5.96. The minimum absolute atomic E-state index is 0.102. The third-order valence-corrected chi connectivity index (χ3v) is 6.81. The molecule has 3 saturated carbocycles. The Bertz CT molecular complexity index is 765. The molecule has 0 bridgehead atoms. The Hall–Kier alpha value is -2.21. The van der Waals surface area contributed by atoms with Gasteiger partial charge in [-0.1, -0.05) is 31.3 Å². The highest BCUT2D eigenvalue weighted by Gasteiger charge is 2.44. The summed E-state index contributed by atoms with van der Waals surface area (Å²) in [7, 11) is 0. The molecule has 8 nitrogen and oxygen atoms in total. The molecule has 158 valence electrons. The van der Waals surface area contributed by atoms with Crippen LogP contribution in [0.15, 0.2) is 11.3 Å². The second-order valence-electron chi connectivity index (χ2n) is 9.14. The van der Waals surface area contributed by atoms with E-state index >= 15 is 0 Å². The van der Waals surface area contributed by atoms with Crippen LogP contribution in [0, 0.1) is 23.7 Å². The average Bonchev–Trinajstić information content (AvgIpc) is 3.59. The Morgan fingerprint density at radius 3 is 2.86 bits per heavy atom. The zero-order valence-corrected chi connectivity index (χ0v) is 17.3. The molecule has 0 radical (unpaired) electrons. The molecule has 1 heterocycles. The number of nitrogens with zero attached hydrogens (tertiary/aromatic N) is 5. The maximum absolute atomic E-state index is 12.9. The van der Waals surface area contributed by atoms with Crippen LogP contribution in [0.5, 0.6) is 5.88 Å². The lowest BCUT2D eigenvalue weighted by Gasteiger charge is -2.22. The van der Waals surface area contributed by atoms with Crippen LogP contribution in [-0.2, 0) is 6.54 Å². The molecule has 3 aliphatic carbocycles. The number of ether oxygens (including phenoxy) is 1. The van der Waals surface area contributed by atoms with Crippen molar-refractivity contribution >= 4 is 5.91 Å². The minimum atomic E-state index is -0.102. The second kappa shape index (κ2) is 9.08. The second-order valence-corrected chi connectivity index (χ2v) is 9.14. The van der Waals surface area contributed by atoms with Gasteiger partial charge in [0.15, 0.2) is 0 Å². The van der Waals surface area contributed by atoms with Crippen molar-refractivity contribution in [3.63, 3.8) is 0 Å². The van der Waals surface area contributed by atoms with E-state index in [1.54, 1.807) is 10.9 Å². The molecule has 0 saturated heterocycles. The lowest BCUT2D eigenvalue weighted by Crippen LogP contribution is -2.27. The summed E-state index contributed by atoms with van der Waals surface area (Å²) >= 11 is 0. The maximum Gasteiger partial charge on any atom is 0.258 e. The van der Waals surface area contributed by atoms with Gasteiger partial charge in [-0.25, -0.2) is 4.68 Å². The van der Waals surface area contributed by atoms with Crippen LogP contribution >= 0.6 is 0 Å². The topological polar surface area (TPSA) is 105 Å². The van der Waals surface area contributed by atoms with Gasteiger partial charge in [-0.2, -0.15) is 5.10 Å². The van der Waals surface area contributed by atoms with E-state index in [1.165, 1.54) is 44.9 Å². The smallest absolute Gasteiger partial charge is 0.258 e. The Balaban J connectivity index is 1.37. The van der Waals surface area contributed by atoms with E-state index in [2.05, 4.69) is 27.4 Å².